The highest BCUT2D eigenvalue weighted by atomic mass is 16.5. The highest BCUT2D eigenvalue weighted by Crippen LogP contribution is 2.25. The van der Waals surface area contributed by atoms with Gasteiger partial charge in [-0.3, -0.25) is 9.79 Å². The lowest BCUT2D eigenvalue weighted by atomic mass is 10.1. The predicted octanol–water partition coefficient (Wildman–Crippen LogP) is 6.53. The fourth-order valence-corrected chi connectivity index (χ4v) is 2.43. The van der Waals surface area contributed by atoms with E-state index in [2.05, 4.69) is 24.4 Å². The monoisotopic (exact) mass is 457 g/mol. The largest absolute Gasteiger partial charge is 0.495 e. The van der Waals surface area contributed by atoms with Crippen LogP contribution in [0.25, 0.3) is 0 Å². The van der Waals surface area contributed by atoms with E-state index in [1.54, 1.807) is 18.4 Å². The number of hydrogen-bond donors (Lipinski definition) is 1. The summed E-state index contributed by atoms with van der Waals surface area (Å²) in [7, 11) is 0. The van der Waals surface area contributed by atoms with Gasteiger partial charge in [-0.05, 0) is 64.5 Å². The van der Waals surface area contributed by atoms with E-state index in [1.165, 1.54) is 5.57 Å². The standard InChI is InChI=1S/C14H20O4.C13H19NO/c1-4-11(14(15)16)9-18-13-8-12(17-5-2)7-6-10(13)3;1-5-7-8-9-13(6-2)11-15-10-12(3)14-4/h6-8,11H,4-5,9H2,1-3H3,(H,15,16);5-8,10H,1,4,9,11H2,2-3H3/b;8-7-,12-10-,13-6+. The van der Waals surface area contributed by atoms with E-state index in [9.17, 15) is 4.79 Å². The zero-order valence-electron chi connectivity index (χ0n) is 20.7. The third kappa shape index (κ3) is 13.7. The molecule has 0 aliphatic carbocycles. The molecule has 0 aliphatic rings. The number of ether oxygens (including phenoxy) is 3. The van der Waals surface area contributed by atoms with Crippen LogP contribution in [0.4, 0.5) is 0 Å². The molecule has 182 valence electrons. The molecule has 1 unspecified atom stereocenters. The molecule has 0 fully saturated rings. The van der Waals surface area contributed by atoms with E-state index in [1.807, 2.05) is 58.9 Å². The minimum absolute atomic E-state index is 0.183. The van der Waals surface area contributed by atoms with Crippen LogP contribution < -0.4 is 9.47 Å². The van der Waals surface area contributed by atoms with Crippen molar-refractivity contribution in [3.63, 3.8) is 0 Å². The fraction of sp³-hybridized carbons (Fsp3) is 0.407. The molecule has 6 nitrogen and oxygen atoms in total. The van der Waals surface area contributed by atoms with Gasteiger partial charge in [0.15, 0.2) is 0 Å². The Morgan fingerprint density at radius 3 is 2.55 bits per heavy atom. The number of carbonyl (C=O) groups is 1. The van der Waals surface area contributed by atoms with Gasteiger partial charge in [-0.15, -0.1) is 0 Å². The molecular formula is C27H39NO5. The summed E-state index contributed by atoms with van der Waals surface area (Å²) in [6, 6.07) is 5.58. The maximum atomic E-state index is 10.9. The summed E-state index contributed by atoms with van der Waals surface area (Å²) < 4.78 is 16.3. The topological polar surface area (TPSA) is 77.3 Å². The van der Waals surface area contributed by atoms with Crippen LogP contribution in [-0.4, -0.2) is 37.6 Å². The van der Waals surface area contributed by atoms with Gasteiger partial charge in [-0.1, -0.05) is 43.9 Å². The average molecular weight is 458 g/mol. The lowest BCUT2D eigenvalue weighted by molar-refractivity contribution is -0.142. The zero-order chi connectivity index (χ0) is 25.1. The van der Waals surface area contributed by atoms with Crippen molar-refractivity contribution in [2.24, 2.45) is 10.9 Å². The summed E-state index contributed by atoms with van der Waals surface area (Å²) in [5.41, 5.74) is 2.98. The fourth-order valence-electron chi connectivity index (χ4n) is 2.43. The number of hydrogen-bond acceptors (Lipinski definition) is 5. The van der Waals surface area contributed by atoms with Gasteiger partial charge < -0.3 is 19.3 Å². The summed E-state index contributed by atoms with van der Waals surface area (Å²) in [6.45, 7) is 17.9. The molecule has 0 spiro atoms. The normalized spacial score (nSPS) is 12.4. The highest BCUT2D eigenvalue weighted by molar-refractivity contribution is 5.70. The summed E-state index contributed by atoms with van der Waals surface area (Å²) in [5.74, 6) is 0.124. The second-order valence-electron chi connectivity index (χ2n) is 7.16. The molecule has 1 aromatic carbocycles. The van der Waals surface area contributed by atoms with Crippen molar-refractivity contribution in [2.45, 2.75) is 47.5 Å². The molecule has 0 amide bonds. The third-order valence-electron chi connectivity index (χ3n) is 4.59. The van der Waals surface area contributed by atoms with Crippen molar-refractivity contribution in [1.82, 2.24) is 0 Å². The minimum atomic E-state index is -0.823. The molecule has 1 atom stereocenters. The molecule has 1 N–H and O–H groups in total. The molecule has 1 aromatic rings. The lowest BCUT2D eigenvalue weighted by Gasteiger charge is -2.14. The maximum absolute atomic E-state index is 10.9. The smallest absolute Gasteiger partial charge is 0.309 e. The van der Waals surface area contributed by atoms with E-state index in [0.717, 1.165) is 23.4 Å². The first-order chi connectivity index (χ1) is 15.8. The SMILES string of the molecule is C=C/C=C\C/C(=C\C)CO/C=C(/C)N=C.CCOc1ccc(C)c(OCC(CC)C(=O)O)c1. The van der Waals surface area contributed by atoms with E-state index >= 15 is 0 Å². The van der Waals surface area contributed by atoms with Crippen LogP contribution in [0.2, 0.25) is 0 Å². The van der Waals surface area contributed by atoms with Crippen molar-refractivity contribution < 1.29 is 24.1 Å². The van der Waals surface area contributed by atoms with Gasteiger partial charge in [0.1, 0.15) is 31.0 Å². The van der Waals surface area contributed by atoms with Gasteiger partial charge in [0, 0.05) is 6.07 Å². The third-order valence-corrected chi connectivity index (χ3v) is 4.59. The molecule has 0 aliphatic heterocycles. The van der Waals surface area contributed by atoms with Crippen molar-refractivity contribution in [3.05, 3.63) is 72.2 Å². The highest BCUT2D eigenvalue weighted by Gasteiger charge is 2.16. The second-order valence-corrected chi connectivity index (χ2v) is 7.16. The molecule has 0 aromatic heterocycles. The van der Waals surface area contributed by atoms with Crippen LogP contribution in [-0.2, 0) is 9.53 Å². The summed E-state index contributed by atoms with van der Waals surface area (Å²) in [6.07, 6.45) is 10.9. The van der Waals surface area contributed by atoms with E-state index in [-0.39, 0.29) is 6.61 Å². The first-order valence-corrected chi connectivity index (χ1v) is 11.1. The van der Waals surface area contributed by atoms with Gasteiger partial charge in [0.2, 0.25) is 0 Å². The van der Waals surface area contributed by atoms with E-state index < -0.39 is 11.9 Å². The Labute approximate surface area is 199 Å². The molecule has 33 heavy (non-hydrogen) atoms. The van der Waals surface area contributed by atoms with Gasteiger partial charge in [-0.25, -0.2) is 0 Å². The van der Waals surface area contributed by atoms with Crippen molar-refractivity contribution in [1.29, 1.82) is 0 Å². The van der Waals surface area contributed by atoms with Crippen LogP contribution in [0.3, 0.4) is 0 Å². The lowest BCUT2D eigenvalue weighted by Crippen LogP contribution is -2.20. The number of aryl methyl sites for hydroxylation is 1. The molecule has 0 heterocycles. The summed E-state index contributed by atoms with van der Waals surface area (Å²) in [5, 5.41) is 8.95. The van der Waals surface area contributed by atoms with E-state index in [0.29, 0.717) is 25.4 Å². The number of nitrogens with zero attached hydrogens (tertiary/aromatic N) is 1. The van der Waals surface area contributed by atoms with Gasteiger partial charge >= 0.3 is 5.97 Å². The first-order valence-electron chi connectivity index (χ1n) is 11.1. The van der Waals surface area contributed by atoms with Crippen LogP contribution in [0, 0.1) is 12.8 Å². The Morgan fingerprint density at radius 1 is 1.27 bits per heavy atom. The van der Waals surface area contributed by atoms with Crippen LogP contribution in [0.15, 0.2) is 71.6 Å². The van der Waals surface area contributed by atoms with E-state index in [4.69, 9.17) is 19.3 Å². The Kier molecular flexibility index (Phi) is 16.5. The Hall–Kier alpha value is -3.28. The second kappa shape index (κ2) is 18.3. The predicted molar refractivity (Wildman–Crippen MR) is 136 cm³/mol. The van der Waals surface area contributed by atoms with Gasteiger partial charge in [0.25, 0.3) is 0 Å². The molecule has 0 saturated heterocycles. The molecule has 6 heteroatoms. The first kappa shape index (κ1) is 29.7. The number of carboxylic acids is 1. The summed E-state index contributed by atoms with van der Waals surface area (Å²) in [4.78, 5) is 14.6. The van der Waals surface area contributed by atoms with Crippen LogP contribution in [0.5, 0.6) is 11.5 Å². The quantitative estimate of drug-likeness (QED) is 0.149. The number of benzene rings is 1. The molecule has 0 saturated carbocycles. The zero-order valence-corrected chi connectivity index (χ0v) is 20.7. The average Bonchev–Trinajstić information content (AvgIpc) is 2.80. The molecule has 0 radical (unpaired) electrons. The van der Waals surface area contributed by atoms with Crippen LogP contribution >= 0.6 is 0 Å². The minimum Gasteiger partial charge on any atom is -0.495 e. The molecule has 0 bridgehead atoms. The Morgan fingerprint density at radius 2 is 2.00 bits per heavy atom. The van der Waals surface area contributed by atoms with Crippen molar-refractivity contribution >= 4 is 12.7 Å². The number of aliphatic imine (C=N–C) groups is 1. The van der Waals surface area contributed by atoms with Gasteiger partial charge in [-0.2, -0.15) is 0 Å². The van der Waals surface area contributed by atoms with Crippen molar-refractivity contribution in [3.8, 4) is 11.5 Å². The number of allylic oxidation sites excluding steroid dienone is 5. The maximum Gasteiger partial charge on any atom is 0.309 e. The number of rotatable bonds is 14. The Balaban J connectivity index is 0.000000633. The molecular weight excluding hydrogens is 418 g/mol. The van der Waals surface area contributed by atoms with Crippen LogP contribution in [0.1, 0.15) is 46.1 Å². The van der Waals surface area contributed by atoms with Gasteiger partial charge in [0.05, 0.1) is 18.2 Å². The number of carboxylic acid groups (broad SMARTS) is 1. The Bertz CT molecular complexity index is 824. The number of aliphatic carboxylic acids is 1. The molecule has 1 rings (SSSR count). The van der Waals surface area contributed by atoms with Crippen molar-refractivity contribution in [2.75, 3.05) is 19.8 Å². The summed E-state index contributed by atoms with van der Waals surface area (Å²) >= 11 is 0.